The third kappa shape index (κ3) is 4.10. The standard InChI is InChI=1S/C12H16O2S2/c1-2-3-4-7-16-9-5-6-10(12(13)14)11(15)8-9/h5-6,8,15H,2-4,7H2,1H3,(H,13,14). The van der Waals surface area contributed by atoms with Gasteiger partial charge in [-0.25, -0.2) is 4.79 Å². The summed E-state index contributed by atoms with van der Waals surface area (Å²) in [6.45, 7) is 2.18. The number of benzene rings is 1. The van der Waals surface area contributed by atoms with E-state index in [0.717, 1.165) is 10.6 Å². The topological polar surface area (TPSA) is 37.3 Å². The molecule has 0 aliphatic rings. The molecule has 0 fully saturated rings. The maximum absolute atomic E-state index is 10.8. The van der Waals surface area contributed by atoms with Crippen molar-refractivity contribution in [2.24, 2.45) is 0 Å². The number of carboxylic acids is 1. The monoisotopic (exact) mass is 256 g/mol. The Balaban J connectivity index is 2.56. The van der Waals surface area contributed by atoms with Crippen LogP contribution >= 0.6 is 24.4 Å². The smallest absolute Gasteiger partial charge is 0.336 e. The van der Waals surface area contributed by atoms with Gasteiger partial charge in [0.15, 0.2) is 0 Å². The van der Waals surface area contributed by atoms with E-state index >= 15 is 0 Å². The van der Waals surface area contributed by atoms with Crippen molar-refractivity contribution in [3.05, 3.63) is 23.8 Å². The van der Waals surface area contributed by atoms with E-state index in [9.17, 15) is 4.79 Å². The van der Waals surface area contributed by atoms with E-state index in [-0.39, 0.29) is 5.56 Å². The molecule has 0 unspecified atom stereocenters. The van der Waals surface area contributed by atoms with E-state index in [4.69, 9.17) is 5.11 Å². The summed E-state index contributed by atoms with van der Waals surface area (Å²) in [5.41, 5.74) is 0.265. The van der Waals surface area contributed by atoms with Crippen molar-refractivity contribution in [3.8, 4) is 0 Å². The highest BCUT2D eigenvalue weighted by Crippen LogP contribution is 2.24. The van der Waals surface area contributed by atoms with Crippen molar-refractivity contribution in [1.82, 2.24) is 0 Å². The number of aromatic carboxylic acids is 1. The van der Waals surface area contributed by atoms with Crippen LogP contribution in [0.15, 0.2) is 28.0 Å². The van der Waals surface area contributed by atoms with Crippen molar-refractivity contribution < 1.29 is 9.90 Å². The van der Waals surface area contributed by atoms with Gasteiger partial charge in [-0.1, -0.05) is 19.8 Å². The second-order valence-electron chi connectivity index (χ2n) is 3.54. The fourth-order valence-corrected chi connectivity index (χ4v) is 2.67. The lowest BCUT2D eigenvalue weighted by Gasteiger charge is -2.04. The van der Waals surface area contributed by atoms with Gasteiger partial charge in [0.25, 0.3) is 0 Å². The molecule has 1 rings (SSSR count). The summed E-state index contributed by atoms with van der Waals surface area (Å²) in [4.78, 5) is 12.4. The van der Waals surface area contributed by atoms with Crippen LogP contribution in [0.5, 0.6) is 0 Å². The van der Waals surface area contributed by atoms with Crippen LogP contribution in [0, 0.1) is 0 Å². The summed E-state index contributed by atoms with van der Waals surface area (Å²) in [5.74, 6) is 0.153. The molecule has 1 aromatic carbocycles. The SMILES string of the molecule is CCCCCSc1ccc(C(=O)O)c(S)c1. The predicted octanol–water partition coefficient (Wildman–Crippen LogP) is 3.96. The van der Waals surface area contributed by atoms with Gasteiger partial charge in [-0.2, -0.15) is 0 Å². The van der Waals surface area contributed by atoms with Crippen LogP contribution in [-0.4, -0.2) is 16.8 Å². The minimum absolute atomic E-state index is 0.265. The molecule has 0 saturated heterocycles. The Labute approximate surface area is 106 Å². The van der Waals surface area contributed by atoms with Crippen LogP contribution in [0.2, 0.25) is 0 Å². The molecule has 88 valence electrons. The van der Waals surface area contributed by atoms with Gasteiger partial charge in [0, 0.05) is 9.79 Å². The highest BCUT2D eigenvalue weighted by Gasteiger charge is 2.07. The van der Waals surface area contributed by atoms with E-state index in [2.05, 4.69) is 19.6 Å². The van der Waals surface area contributed by atoms with Gasteiger partial charge < -0.3 is 5.11 Å². The lowest BCUT2D eigenvalue weighted by atomic mass is 10.2. The first-order chi connectivity index (χ1) is 7.65. The molecule has 2 nitrogen and oxygen atoms in total. The number of carbonyl (C=O) groups is 1. The molecular weight excluding hydrogens is 240 g/mol. The molecule has 0 aromatic heterocycles. The first kappa shape index (κ1) is 13.5. The largest absolute Gasteiger partial charge is 0.478 e. The number of carboxylic acid groups (broad SMARTS) is 1. The summed E-state index contributed by atoms with van der Waals surface area (Å²) in [5, 5.41) is 8.85. The van der Waals surface area contributed by atoms with E-state index in [1.807, 2.05) is 12.1 Å². The molecule has 0 heterocycles. The van der Waals surface area contributed by atoms with E-state index in [0.29, 0.717) is 4.90 Å². The molecule has 4 heteroatoms. The van der Waals surface area contributed by atoms with E-state index in [1.165, 1.54) is 19.3 Å². The van der Waals surface area contributed by atoms with Crippen LogP contribution in [-0.2, 0) is 0 Å². The highest BCUT2D eigenvalue weighted by molar-refractivity contribution is 7.99. The van der Waals surface area contributed by atoms with Crippen molar-refractivity contribution in [1.29, 1.82) is 0 Å². The number of thiol groups is 1. The van der Waals surface area contributed by atoms with Gasteiger partial charge in [0.1, 0.15) is 0 Å². The Morgan fingerprint density at radius 2 is 2.19 bits per heavy atom. The molecule has 0 aliphatic carbocycles. The molecule has 16 heavy (non-hydrogen) atoms. The molecule has 0 bridgehead atoms. The Morgan fingerprint density at radius 1 is 1.44 bits per heavy atom. The molecule has 0 atom stereocenters. The zero-order valence-corrected chi connectivity index (χ0v) is 11.0. The third-order valence-electron chi connectivity index (χ3n) is 2.22. The van der Waals surface area contributed by atoms with E-state index < -0.39 is 5.97 Å². The zero-order chi connectivity index (χ0) is 12.0. The quantitative estimate of drug-likeness (QED) is 0.459. The molecule has 0 spiro atoms. The summed E-state index contributed by atoms with van der Waals surface area (Å²) in [6, 6.07) is 5.29. The van der Waals surface area contributed by atoms with Crippen molar-refractivity contribution in [2.75, 3.05) is 5.75 Å². The third-order valence-corrected chi connectivity index (χ3v) is 3.67. The fourth-order valence-electron chi connectivity index (χ4n) is 1.32. The Morgan fingerprint density at radius 3 is 2.75 bits per heavy atom. The van der Waals surface area contributed by atoms with Crippen LogP contribution in [0.4, 0.5) is 0 Å². The normalized spacial score (nSPS) is 10.4. The summed E-state index contributed by atoms with van der Waals surface area (Å²) >= 11 is 5.93. The van der Waals surface area contributed by atoms with Gasteiger partial charge in [-0.05, 0) is 30.4 Å². The minimum atomic E-state index is -0.924. The van der Waals surface area contributed by atoms with Crippen molar-refractivity contribution in [2.45, 2.75) is 36.0 Å². The maximum Gasteiger partial charge on any atom is 0.336 e. The number of hydrogen-bond acceptors (Lipinski definition) is 3. The van der Waals surface area contributed by atoms with Crippen LogP contribution in [0.1, 0.15) is 36.5 Å². The molecule has 0 aliphatic heterocycles. The van der Waals surface area contributed by atoms with Crippen LogP contribution < -0.4 is 0 Å². The maximum atomic E-state index is 10.8. The molecular formula is C12H16O2S2. The summed E-state index contributed by atoms with van der Waals surface area (Å²) in [7, 11) is 0. The Bertz CT molecular complexity index is 364. The van der Waals surface area contributed by atoms with Crippen LogP contribution in [0.25, 0.3) is 0 Å². The van der Waals surface area contributed by atoms with Crippen molar-refractivity contribution in [3.63, 3.8) is 0 Å². The summed E-state index contributed by atoms with van der Waals surface area (Å²) in [6.07, 6.45) is 3.66. The zero-order valence-electron chi connectivity index (χ0n) is 9.27. The van der Waals surface area contributed by atoms with Gasteiger partial charge in [0.05, 0.1) is 5.56 Å². The first-order valence-corrected chi connectivity index (χ1v) is 6.77. The fraction of sp³-hybridized carbons (Fsp3) is 0.417. The molecule has 1 aromatic rings. The highest BCUT2D eigenvalue weighted by atomic mass is 32.2. The predicted molar refractivity (Wildman–Crippen MR) is 70.9 cm³/mol. The first-order valence-electron chi connectivity index (χ1n) is 5.34. The lowest BCUT2D eigenvalue weighted by Crippen LogP contribution is -1.97. The molecule has 0 saturated carbocycles. The average Bonchev–Trinajstić information content (AvgIpc) is 2.24. The average molecular weight is 256 g/mol. The van der Waals surface area contributed by atoms with Gasteiger partial charge in [0.2, 0.25) is 0 Å². The van der Waals surface area contributed by atoms with Crippen LogP contribution in [0.3, 0.4) is 0 Å². The second kappa shape index (κ2) is 6.86. The molecule has 0 amide bonds. The Hall–Kier alpha value is -0.610. The number of hydrogen-bond donors (Lipinski definition) is 2. The number of rotatable bonds is 6. The van der Waals surface area contributed by atoms with E-state index in [1.54, 1.807) is 17.8 Å². The number of unbranched alkanes of at least 4 members (excludes halogenated alkanes) is 2. The van der Waals surface area contributed by atoms with Gasteiger partial charge >= 0.3 is 5.97 Å². The van der Waals surface area contributed by atoms with Gasteiger partial charge in [-0.15, -0.1) is 24.4 Å². The Kier molecular flexibility index (Phi) is 5.77. The van der Waals surface area contributed by atoms with Crippen molar-refractivity contribution >= 4 is 30.4 Å². The molecule has 1 N–H and O–H groups in total. The van der Waals surface area contributed by atoms with Gasteiger partial charge in [-0.3, -0.25) is 0 Å². The number of thioether (sulfide) groups is 1. The minimum Gasteiger partial charge on any atom is -0.478 e. The molecule has 0 radical (unpaired) electrons. The second-order valence-corrected chi connectivity index (χ2v) is 5.19. The lowest BCUT2D eigenvalue weighted by molar-refractivity contribution is 0.0693. The summed E-state index contributed by atoms with van der Waals surface area (Å²) < 4.78 is 0.